The highest BCUT2D eigenvalue weighted by Crippen LogP contribution is 2.19. The topological polar surface area (TPSA) is 32.8 Å². The maximum atomic E-state index is 12.5. The average molecular weight is 324 g/mol. The molecule has 0 atom stereocenters. The lowest BCUT2D eigenvalue weighted by atomic mass is 10.1. The Morgan fingerprint density at radius 1 is 1.04 bits per heavy atom. The van der Waals surface area contributed by atoms with Crippen molar-refractivity contribution in [2.24, 2.45) is 0 Å². The Morgan fingerprint density at radius 2 is 1.79 bits per heavy atom. The molecule has 1 heterocycles. The molecule has 0 unspecified atom stereocenters. The molecule has 1 aliphatic heterocycles. The number of carbonyl (C=O) groups is 1. The van der Waals surface area contributed by atoms with Crippen LogP contribution in [0.2, 0.25) is 0 Å². The maximum absolute atomic E-state index is 12.5. The fraction of sp³-hybridized carbons (Fsp3) is 0.350. The molecule has 0 bridgehead atoms. The van der Waals surface area contributed by atoms with Crippen LogP contribution in [0.15, 0.2) is 48.5 Å². The zero-order chi connectivity index (χ0) is 16.9. The average Bonchev–Trinajstić information content (AvgIpc) is 2.62. The van der Waals surface area contributed by atoms with E-state index < -0.39 is 0 Å². The van der Waals surface area contributed by atoms with Gasteiger partial charge in [-0.15, -0.1) is 0 Å². The van der Waals surface area contributed by atoms with Gasteiger partial charge in [0.25, 0.3) is 0 Å². The van der Waals surface area contributed by atoms with Crippen molar-refractivity contribution >= 4 is 11.6 Å². The summed E-state index contributed by atoms with van der Waals surface area (Å²) in [6.07, 6.45) is 0.432. The molecule has 1 aliphatic rings. The van der Waals surface area contributed by atoms with Gasteiger partial charge in [0.2, 0.25) is 5.91 Å². The van der Waals surface area contributed by atoms with Gasteiger partial charge >= 0.3 is 0 Å². The van der Waals surface area contributed by atoms with Crippen molar-refractivity contribution in [1.29, 1.82) is 0 Å². The van der Waals surface area contributed by atoms with Crippen molar-refractivity contribution in [2.75, 3.05) is 38.2 Å². The summed E-state index contributed by atoms with van der Waals surface area (Å²) in [7, 11) is 1.64. The molecule has 1 saturated heterocycles. The molecule has 24 heavy (non-hydrogen) atoms. The summed E-state index contributed by atoms with van der Waals surface area (Å²) in [4.78, 5) is 16.8. The number of rotatable bonds is 4. The number of benzene rings is 2. The van der Waals surface area contributed by atoms with Crippen LogP contribution < -0.4 is 9.64 Å². The molecule has 0 saturated carbocycles. The van der Waals surface area contributed by atoms with E-state index in [1.165, 1.54) is 11.3 Å². The molecule has 0 spiro atoms. The normalized spacial score (nSPS) is 14.6. The number of carbonyl (C=O) groups excluding carboxylic acids is 1. The minimum Gasteiger partial charge on any atom is -0.497 e. The monoisotopic (exact) mass is 324 g/mol. The minimum atomic E-state index is 0.187. The maximum Gasteiger partial charge on any atom is 0.227 e. The van der Waals surface area contributed by atoms with E-state index >= 15 is 0 Å². The van der Waals surface area contributed by atoms with Crippen molar-refractivity contribution in [2.45, 2.75) is 13.3 Å². The summed E-state index contributed by atoms with van der Waals surface area (Å²) in [5, 5.41) is 0. The van der Waals surface area contributed by atoms with E-state index in [0.29, 0.717) is 6.42 Å². The minimum absolute atomic E-state index is 0.187. The number of amides is 1. The highest BCUT2D eigenvalue weighted by Gasteiger charge is 2.21. The second-order valence-electron chi connectivity index (χ2n) is 6.24. The number of aryl methyl sites for hydroxylation is 1. The Bertz CT molecular complexity index is 706. The predicted octanol–water partition coefficient (Wildman–Crippen LogP) is 2.89. The molecule has 0 N–H and O–H groups in total. The lowest BCUT2D eigenvalue weighted by molar-refractivity contribution is -0.130. The van der Waals surface area contributed by atoms with Gasteiger partial charge in [-0.25, -0.2) is 0 Å². The SMILES string of the molecule is COc1cccc(CC(=O)N2CCN(c3cccc(C)c3)CC2)c1. The third-order valence-corrected chi connectivity index (χ3v) is 4.49. The molecule has 1 amide bonds. The van der Waals surface area contributed by atoms with Gasteiger partial charge in [0.1, 0.15) is 5.75 Å². The molecule has 0 radical (unpaired) electrons. The van der Waals surface area contributed by atoms with Gasteiger partial charge in [0, 0.05) is 31.9 Å². The second kappa shape index (κ2) is 7.39. The highest BCUT2D eigenvalue weighted by molar-refractivity contribution is 5.79. The van der Waals surface area contributed by atoms with Crippen LogP contribution in [0.5, 0.6) is 5.75 Å². The van der Waals surface area contributed by atoms with Gasteiger partial charge in [-0.2, -0.15) is 0 Å². The highest BCUT2D eigenvalue weighted by atomic mass is 16.5. The van der Waals surface area contributed by atoms with Crippen molar-refractivity contribution in [3.63, 3.8) is 0 Å². The molecule has 0 aromatic heterocycles. The van der Waals surface area contributed by atoms with Crippen LogP contribution in [0.25, 0.3) is 0 Å². The van der Waals surface area contributed by atoms with E-state index in [1.807, 2.05) is 29.2 Å². The quantitative estimate of drug-likeness (QED) is 0.867. The first kappa shape index (κ1) is 16.4. The molecular formula is C20H24N2O2. The van der Waals surface area contributed by atoms with Gasteiger partial charge in [-0.05, 0) is 42.3 Å². The van der Waals surface area contributed by atoms with Gasteiger partial charge in [-0.3, -0.25) is 4.79 Å². The fourth-order valence-corrected chi connectivity index (χ4v) is 3.11. The molecule has 3 rings (SSSR count). The van der Waals surface area contributed by atoms with Crippen LogP contribution in [0.3, 0.4) is 0 Å². The van der Waals surface area contributed by atoms with Crippen LogP contribution in [0.4, 0.5) is 5.69 Å². The summed E-state index contributed by atoms with van der Waals surface area (Å²) in [6, 6.07) is 16.3. The predicted molar refractivity (Wildman–Crippen MR) is 96.7 cm³/mol. The smallest absolute Gasteiger partial charge is 0.227 e. The first-order valence-electron chi connectivity index (χ1n) is 8.38. The van der Waals surface area contributed by atoms with Crippen LogP contribution >= 0.6 is 0 Å². The van der Waals surface area contributed by atoms with E-state index in [2.05, 4.69) is 36.1 Å². The van der Waals surface area contributed by atoms with E-state index in [0.717, 1.165) is 37.5 Å². The van der Waals surface area contributed by atoms with E-state index in [1.54, 1.807) is 7.11 Å². The Labute approximate surface area is 143 Å². The largest absolute Gasteiger partial charge is 0.497 e. The van der Waals surface area contributed by atoms with E-state index in [9.17, 15) is 4.79 Å². The zero-order valence-electron chi connectivity index (χ0n) is 14.4. The van der Waals surface area contributed by atoms with E-state index in [4.69, 9.17) is 4.74 Å². The first-order valence-corrected chi connectivity index (χ1v) is 8.38. The fourth-order valence-electron chi connectivity index (χ4n) is 3.11. The number of ether oxygens (including phenoxy) is 1. The molecular weight excluding hydrogens is 300 g/mol. The zero-order valence-corrected chi connectivity index (χ0v) is 14.4. The van der Waals surface area contributed by atoms with Gasteiger partial charge in [-0.1, -0.05) is 24.3 Å². The number of methoxy groups -OCH3 is 1. The lowest BCUT2D eigenvalue weighted by Gasteiger charge is -2.36. The molecule has 126 valence electrons. The number of hydrogen-bond donors (Lipinski definition) is 0. The molecule has 2 aromatic rings. The van der Waals surface area contributed by atoms with Crippen LogP contribution in [0.1, 0.15) is 11.1 Å². The van der Waals surface area contributed by atoms with Crippen LogP contribution in [-0.4, -0.2) is 44.1 Å². The second-order valence-corrected chi connectivity index (χ2v) is 6.24. The standard InChI is InChI=1S/C20H24N2O2/c1-16-5-3-7-18(13-16)21-9-11-22(12-10-21)20(23)15-17-6-4-8-19(14-17)24-2/h3-8,13-14H,9-12,15H2,1-2H3. The Hall–Kier alpha value is -2.49. The lowest BCUT2D eigenvalue weighted by Crippen LogP contribution is -2.49. The van der Waals surface area contributed by atoms with Crippen molar-refractivity contribution in [1.82, 2.24) is 4.90 Å². The summed E-state index contributed by atoms with van der Waals surface area (Å²) < 4.78 is 5.22. The Kier molecular flexibility index (Phi) is 5.04. The van der Waals surface area contributed by atoms with Gasteiger partial charge < -0.3 is 14.5 Å². The number of anilines is 1. The first-order chi connectivity index (χ1) is 11.7. The molecule has 0 aliphatic carbocycles. The Balaban J connectivity index is 1.57. The summed E-state index contributed by atoms with van der Waals surface area (Å²) in [6.45, 7) is 5.42. The van der Waals surface area contributed by atoms with Crippen molar-refractivity contribution < 1.29 is 9.53 Å². The molecule has 2 aromatic carbocycles. The number of piperazine rings is 1. The summed E-state index contributed by atoms with van der Waals surface area (Å²) in [5.74, 6) is 0.983. The van der Waals surface area contributed by atoms with Crippen molar-refractivity contribution in [3.05, 3.63) is 59.7 Å². The summed E-state index contributed by atoms with van der Waals surface area (Å²) in [5.41, 5.74) is 3.51. The van der Waals surface area contributed by atoms with Crippen LogP contribution in [-0.2, 0) is 11.2 Å². The Morgan fingerprint density at radius 3 is 2.50 bits per heavy atom. The summed E-state index contributed by atoms with van der Waals surface area (Å²) >= 11 is 0. The van der Waals surface area contributed by atoms with Crippen LogP contribution in [0, 0.1) is 6.92 Å². The van der Waals surface area contributed by atoms with Crippen molar-refractivity contribution in [3.8, 4) is 5.75 Å². The number of nitrogens with zero attached hydrogens (tertiary/aromatic N) is 2. The molecule has 4 heteroatoms. The third kappa shape index (κ3) is 3.88. The molecule has 4 nitrogen and oxygen atoms in total. The van der Waals surface area contributed by atoms with Gasteiger partial charge in [0.15, 0.2) is 0 Å². The molecule has 1 fully saturated rings. The third-order valence-electron chi connectivity index (χ3n) is 4.49. The van der Waals surface area contributed by atoms with E-state index in [-0.39, 0.29) is 5.91 Å². The van der Waals surface area contributed by atoms with Gasteiger partial charge in [0.05, 0.1) is 13.5 Å². The number of hydrogen-bond acceptors (Lipinski definition) is 3.